The monoisotopic (exact) mass is 290 g/mol. The Morgan fingerprint density at radius 1 is 1.29 bits per heavy atom. The maximum absolute atomic E-state index is 12.3. The van der Waals surface area contributed by atoms with E-state index in [0.29, 0.717) is 28.4 Å². The Morgan fingerprint density at radius 3 is 2.43 bits per heavy atom. The first-order valence-electron chi connectivity index (χ1n) is 6.29. The highest BCUT2D eigenvalue weighted by molar-refractivity contribution is 6.08. The molecule has 0 aliphatic rings. The lowest BCUT2D eigenvalue weighted by atomic mass is 10.1. The molecule has 1 aromatic carbocycles. The molecule has 0 saturated carbocycles. The van der Waals surface area contributed by atoms with Crippen LogP contribution < -0.4 is 20.5 Å². The van der Waals surface area contributed by atoms with Crippen LogP contribution in [-0.4, -0.2) is 29.9 Å². The highest BCUT2D eigenvalue weighted by Crippen LogP contribution is 2.32. The van der Waals surface area contributed by atoms with Gasteiger partial charge in [0, 0.05) is 25.0 Å². The van der Waals surface area contributed by atoms with Crippen LogP contribution in [0.25, 0.3) is 0 Å². The first-order chi connectivity index (χ1) is 9.96. The molecule has 1 amide bonds. The summed E-state index contributed by atoms with van der Waals surface area (Å²) in [6.45, 7) is 1.81. The van der Waals surface area contributed by atoms with Crippen molar-refractivity contribution in [1.82, 2.24) is 9.78 Å². The number of carbonyl (C=O) groups excluding carboxylic acids is 1. The van der Waals surface area contributed by atoms with Crippen molar-refractivity contribution in [3.63, 3.8) is 0 Å². The Morgan fingerprint density at radius 2 is 1.90 bits per heavy atom. The van der Waals surface area contributed by atoms with Crippen molar-refractivity contribution < 1.29 is 14.3 Å². The smallest absolute Gasteiger partial charge is 0.257 e. The number of anilines is 2. The third-order valence-electron chi connectivity index (χ3n) is 3.06. The average molecular weight is 290 g/mol. The fourth-order valence-corrected chi connectivity index (χ4v) is 2.00. The van der Waals surface area contributed by atoms with Gasteiger partial charge in [-0.3, -0.25) is 9.48 Å². The van der Waals surface area contributed by atoms with Gasteiger partial charge in [-0.1, -0.05) is 0 Å². The van der Waals surface area contributed by atoms with Crippen LogP contribution >= 0.6 is 0 Å². The number of aromatic nitrogens is 2. The van der Waals surface area contributed by atoms with E-state index in [-0.39, 0.29) is 5.91 Å². The lowest BCUT2D eigenvalue weighted by molar-refractivity contribution is 0.102. The second kappa shape index (κ2) is 5.74. The summed E-state index contributed by atoms with van der Waals surface area (Å²) < 4.78 is 12.0. The second-order valence-corrected chi connectivity index (χ2v) is 4.55. The van der Waals surface area contributed by atoms with Crippen LogP contribution in [-0.2, 0) is 7.05 Å². The van der Waals surface area contributed by atoms with Crippen LogP contribution in [0.15, 0.2) is 18.3 Å². The van der Waals surface area contributed by atoms with Crippen molar-refractivity contribution >= 4 is 17.3 Å². The molecule has 2 aromatic rings. The molecule has 0 aliphatic heterocycles. The van der Waals surface area contributed by atoms with Gasteiger partial charge in [0.25, 0.3) is 5.91 Å². The number of carbonyl (C=O) groups is 1. The van der Waals surface area contributed by atoms with E-state index < -0.39 is 0 Å². The van der Waals surface area contributed by atoms with Crippen LogP contribution in [0.2, 0.25) is 0 Å². The molecule has 0 aliphatic carbocycles. The number of amides is 1. The summed E-state index contributed by atoms with van der Waals surface area (Å²) in [7, 11) is 4.80. The molecular weight excluding hydrogens is 272 g/mol. The second-order valence-electron chi connectivity index (χ2n) is 4.55. The zero-order valence-electron chi connectivity index (χ0n) is 12.4. The zero-order chi connectivity index (χ0) is 15.6. The number of nitrogen functional groups attached to an aromatic ring is 1. The van der Waals surface area contributed by atoms with E-state index in [0.717, 1.165) is 5.69 Å². The fraction of sp³-hybridized carbons (Fsp3) is 0.286. The quantitative estimate of drug-likeness (QED) is 0.834. The summed E-state index contributed by atoms with van der Waals surface area (Å²) in [6.07, 6.45) is 1.73. The van der Waals surface area contributed by atoms with Gasteiger partial charge in [0.1, 0.15) is 0 Å². The number of methoxy groups -OCH3 is 2. The SMILES string of the molecule is COc1cc(N)c(C(=O)Nc2cn(C)nc2C)cc1OC. The lowest BCUT2D eigenvalue weighted by Crippen LogP contribution is -2.14. The fourth-order valence-electron chi connectivity index (χ4n) is 2.00. The Bertz CT molecular complexity index is 679. The minimum absolute atomic E-state index is 0.312. The molecule has 0 atom stereocenters. The molecule has 0 fully saturated rings. The molecule has 0 bridgehead atoms. The first kappa shape index (κ1) is 14.7. The summed E-state index contributed by atoms with van der Waals surface area (Å²) in [6, 6.07) is 3.11. The van der Waals surface area contributed by atoms with E-state index in [9.17, 15) is 4.79 Å². The molecule has 1 heterocycles. The van der Waals surface area contributed by atoms with E-state index in [1.54, 1.807) is 30.1 Å². The molecule has 0 unspecified atom stereocenters. The largest absolute Gasteiger partial charge is 0.493 e. The number of benzene rings is 1. The van der Waals surface area contributed by atoms with E-state index >= 15 is 0 Å². The third-order valence-corrected chi connectivity index (χ3v) is 3.06. The summed E-state index contributed by atoms with van der Waals surface area (Å²) in [5.74, 6) is 0.591. The van der Waals surface area contributed by atoms with Gasteiger partial charge in [-0.2, -0.15) is 5.10 Å². The summed E-state index contributed by atoms with van der Waals surface area (Å²) in [5.41, 5.74) is 7.89. The molecule has 1 aromatic heterocycles. The lowest BCUT2D eigenvalue weighted by Gasteiger charge is -2.12. The summed E-state index contributed by atoms with van der Waals surface area (Å²) in [4.78, 5) is 12.3. The van der Waals surface area contributed by atoms with Crippen molar-refractivity contribution in [1.29, 1.82) is 0 Å². The highest BCUT2D eigenvalue weighted by Gasteiger charge is 2.16. The van der Waals surface area contributed by atoms with Crippen LogP contribution in [0, 0.1) is 6.92 Å². The Balaban J connectivity index is 2.33. The summed E-state index contributed by atoms with van der Waals surface area (Å²) in [5, 5.41) is 6.95. The van der Waals surface area contributed by atoms with Gasteiger partial charge in [0.2, 0.25) is 0 Å². The van der Waals surface area contributed by atoms with Crippen molar-refractivity contribution in [2.45, 2.75) is 6.92 Å². The van der Waals surface area contributed by atoms with Gasteiger partial charge >= 0.3 is 0 Å². The number of rotatable bonds is 4. The zero-order valence-corrected chi connectivity index (χ0v) is 12.4. The Hall–Kier alpha value is -2.70. The van der Waals surface area contributed by atoms with E-state index in [1.807, 2.05) is 6.92 Å². The first-order valence-corrected chi connectivity index (χ1v) is 6.29. The number of aryl methyl sites for hydroxylation is 2. The van der Waals surface area contributed by atoms with Crippen molar-refractivity contribution in [3.05, 3.63) is 29.6 Å². The Labute approximate surface area is 122 Å². The number of hydrogen-bond donors (Lipinski definition) is 2. The van der Waals surface area contributed by atoms with Crippen molar-refractivity contribution in [3.8, 4) is 11.5 Å². The number of nitrogens with zero attached hydrogens (tertiary/aromatic N) is 2. The van der Waals surface area contributed by atoms with E-state index in [1.165, 1.54) is 14.2 Å². The number of hydrogen-bond acceptors (Lipinski definition) is 5. The molecule has 7 nitrogen and oxygen atoms in total. The minimum atomic E-state index is -0.329. The van der Waals surface area contributed by atoms with Crippen LogP contribution in [0.5, 0.6) is 11.5 Å². The molecule has 2 rings (SSSR count). The molecule has 0 saturated heterocycles. The van der Waals surface area contributed by atoms with Gasteiger partial charge in [-0.15, -0.1) is 0 Å². The maximum atomic E-state index is 12.3. The van der Waals surface area contributed by atoms with Gasteiger partial charge in [-0.25, -0.2) is 0 Å². The van der Waals surface area contributed by atoms with Gasteiger partial charge < -0.3 is 20.5 Å². The standard InChI is InChI=1S/C14H18N4O3/c1-8-11(7-18(2)17-8)16-14(19)9-5-12(20-3)13(21-4)6-10(9)15/h5-7H,15H2,1-4H3,(H,16,19). The maximum Gasteiger partial charge on any atom is 0.257 e. The van der Waals surface area contributed by atoms with Gasteiger partial charge in [0.15, 0.2) is 11.5 Å². The van der Waals surface area contributed by atoms with Crippen molar-refractivity contribution in [2.75, 3.05) is 25.3 Å². The molecule has 112 valence electrons. The van der Waals surface area contributed by atoms with E-state index in [2.05, 4.69) is 10.4 Å². The Kier molecular flexibility index (Phi) is 4.02. The molecular formula is C14H18N4O3. The predicted octanol–water partition coefficient (Wildman–Crippen LogP) is 1.58. The topological polar surface area (TPSA) is 91.4 Å². The predicted molar refractivity (Wildman–Crippen MR) is 79.9 cm³/mol. The van der Waals surface area contributed by atoms with E-state index in [4.69, 9.17) is 15.2 Å². The van der Waals surface area contributed by atoms with Crippen molar-refractivity contribution in [2.24, 2.45) is 7.05 Å². The van der Waals surface area contributed by atoms with Gasteiger partial charge in [0.05, 0.1) is 31.2 Å². The molecule has 7 heteroatoms. The molecule has 0 spiro atoms. The van der Waals surface area contributed by atoms with Crippen LogP contribution in [0.1, 0.15) is 16.1 Å². The van der Waals surface area contributed by atoms with Crippen LogP contribution in [0.4, 0.5) is 11.4 Å². The molecule has 3 N–H and O–H groups in total. The normalized spacial score (nSPS) is 10.3. The number of ether oxygens (including phenoxy) is 2. The average Bonchev–Trinajstić information content (AvgIpc) is 2.76. The molecule has 21 heavy (non-hydrogen) atoms. The third kappa shape index (κ3) is 2.91. The number of nitrogens with two attached hydrogens (primary N) is 1. The van der Waals surface area contributed by atoms with Gasteiger partial charge in [-0.05, 0) is 13.0 Å². The summed E-state index contributed by atoms with van der Waals surface area (Å²) >= 11 is 0. The minimum Gasteiger partial charge on any atom is -0.493 e. The van der Waals surface area contributed by atoms with Crippen LogP contribution in [0.3, 0.4) is 0 Å². The molecule has 0 radical (unpaired) electrons. The number of nitrogens with one attached hydrogen (secondary N) is 1. The highest BCUT2D eigenvalue weighted by atomic mass is 16.5.